The second kappa shape index (κ2) is 9.40. The molecule has 180 valence electrons. The molecule has 0 aliphatic heterocycles. The van der Waals surface area contributed by atoms with Crippen LogP contribution in [0.5, 0.6) is 0 Å². The van der Waals surface area contributed by atoms with Gasteiger partial charge in [0, 0.05) is 30.3 Å². The molecule has 1 atom stereocenters. The van der Waals surface area contributed by atoms with E-state index in [4.69, 9.17) is 0 Å². The summed E-state index contributed by atoms with van der Waals surface area (Å²) < 4.78 is 40.0. The molecule has 3 aromatic rings. The maximum Gasteiger partial charge on any atom is 0.453 e. The number of rotatable bonds is 8. The number of carbonyl (C=O) groups is 2. The summed E-state index contributed by atoms with van der Waals surface area (Å²) in [6.45, 7) is 3.27. The van der Waals surface area contributed by atoms with E-state index in [-0.39, 0.29) is 36.5 Å². The van der Waals surface area contributed by atoms with Crippen LogP contribution in [-0.4, -0.2) is 43.5 Å². The summed E-state index contributed by atoms with van der Waals surface area (Å²) in [6.07, 6.45) is -2.18. The number of alkyl halides is 3. The molecule has 34 heavy (non-hydrogen) atoms. The van der Waals surface area contributed by atoms with Crippen molar-refractivity contribution in [2.45, 2.75) is 64.2 Å². The van der Waals surface area contributed by atoms with Crippen LogP contribution in [0.4, 0.5) is 13.2 Å². The molecule has 11 heteroatoms. The van der Waals surface area contributed by atoms with Gasteiger partial charge in [0.05, 0.1) is 0 Å². The Hall–Kier alpha value is -3.50. The molecule has 1 aliphatic carbocycles. The monoisotopic (exact) mass is 474 g/mol. The number of hydrogen-bond acceptors (Lipinski definition) is 5. The summed E-state index contributed by atoms with van der Waals surface area (Å²) in [4.78, 5) is 33.0. The van der Waals surface area contributed by atoms with Crippen LogP contribution in [0, 0.1) is 13.8 Å². The standard InChI is InChI=1S/C23H25F3N6O2/c1-13-17(14(2)32-22(27-13)30-21(31-32)23(24,25)26)10-11-19(33)29-18(20(34)28-16-8-9-16)12-15-6-4-3-5-7-15/h3-7,16,18H,8-12H2,1-2H3,(H,28,34)(H,29,33). The minimum absolute atomic E-state index is 0.0394. The van der Waals surface area contributed by atoms with Crippen molar-refractivity contribution in [1.82, 2.24) is 30.2 Å². The largest absolute Gasteiger partial charge is 0.453 e. The third-order valence-corrected chi connectivity index (χ3v) is 5.76. The van der Waals surface area contributed by atoms with Gasteiger partial charge >= 0.3 is 6.18 Å². The average Bonchev–Trinajstić information content (AvgIpc) is 3.47. The van der Waals surface area contributed by atoms with Gasteiger partial charge in [0.15, 0.2) is 0 Å². The average molecular weight is 474 g/mol. The molecule has 2 heterocycles. The Kier molecular flexibility index (Phi) is 6.54. The first-order valence-electron chi connectivity index (χ1n) is 11.1. The van der Waals surface area contributed by atoms with Crippen LogP contribution in [0.2, 0.25) is 0 Å². The van der Waals surface area contributed by atoms with Gasteiger partial charge in [-0.2, -0.15) is 18.2 Å². The Bertz CT molecular complexity index is 1200. The molecule has 8 nitrogen and oxygen atoms in total. The first-order valence-corrected chi connectivity index (χ1v) is 11.1. The highest BCUT2D eigenvalue weighted by atomic mass is 19.4. The van der Waals surface area contributed by atoms with E-state index >= 15 is 0 Å². The number of fused-ring (bicyclic) bond motifs is 1. The quantitative estimate of drug-likeness (QED) is 0.523. The number of hydrogen-bond donors (Lipinski definition) is 2. The molecular weight excluding hydrogens is 449 g/mol. The van der Waals surface area contributed by atoms with Crippen LogP contribution in [0.25, 0.3) is 5.78 Å². The van der Waals surface area contributed by atoms with E-state index in [2.05, 4.69) is 25.7 Å². The SMILES string of the molecule is Cc1nc2nc(C(F)(F)F)nn2c(C)c1CCC(=O)NC(Cc1ccccc1)C(=O)NC1CC1. The number of aromatic nitrogens is 4. The van der Waals surface area contributed by atoms with E-state index in [0.29, 0.717) is 23.4 Å². The van der Waals surface area contributed by atoms with Crippen LogP contribution in [-0.2, 0) is 28.6 Å². The summed E-state index contributed by atoms with van der Waals surface area (Å²) in [5.74, 6) is -1.96. The van der Waals surface area contributed by atoms with Crippen molar-refractivity contribution in [3.05, 3.63) is 58.7 Å². The molecular formula is C23H25F3N6O2. The fraction of sp³-hybridized carbons (Fsp3) is 0.435. The number of nitrogens with zero attached hydrogens (tertiary/aromatic N) is 4. The first kappa shape index (κ1) is 23.7. The summed E-state index contributed by atoms with van der Waals surface area (Å²) >= 11 is 0. The number of carbonyl (C=O) groups excluding carboxylic acids is 2. The molecule has 1 aliphatic rings. The fourth-order valence-electron chi connectivity index (χ4n) is 3.78. The van der Waals surface area contributed by atoms with Crippen molar-refractivity contribution in [2.24, 2.45) is 0 Å². The molecule has 0 saturated heterocycles. The first-order chi connectivity index (χ1) is 16.1. The van der Waals surface area contributed by atoms with Gasteiger partial charge in [-0.25, -0.2) is 9.50 Å². The molecule has 2 amide bonds. The molecule has 1 fully saturated rings. The third-order valence-electron chi connectivity index (χ3n) is 5.76. The maximum absolute atomic E-state index is 13.0. The highest BCUT2D eigenvalue weighted by Gasteiger charge is 2.37. The van der Waals surface area contributed by atoms with Gasteiger partial charge in [-0.15, -0.1) is 5.10 Å². The number of benzene rings is 1. The second-order valence-electron chi connectivity index (χ2n) is 8.50. The topological polar surface area (TPSA) is 101 Å². The molecule has 0 spiro atoms. The van der Waals surface area contributed by atoms with Gasteiger partial charge in [-0.1, -0.05) is 30.3 Å². The van der Waals surface area contributed by atoms with Gasteiger partial charge in [-0.3, -0.25) is 9.59 Å². The minimum Gasteiger partial charge on any atom is -0.352 e. The van der Waals surface area contributed by atoms with Crippen molar-refractivity contribution < 1.29 is 22.8 Å². The predicted octanol–water partition coefficient (Wildman–Crippen LogP) is 2.70. The van der Waals surface area contributed by atoms with Crippen LogP contribution in [0.15, 0.2) is 30.3 Å². The zero-order valence-corrected chi connectivity index (χ0v) is 18.8. The van der Waals surface area contributed by atoms with Crippen molar-refractivity contribution in [1.29, 1.82) is 0 Å². The highest BCUT2D eigenvalue weighted by molar-refractivity contribution is 5.88. The van der Waals surface area contributed by atoms with Gasteiger partial charge in [-0.05, 0) is 44.2 Å². The summed E-state index contributed by atoms with van der Waals surface area (Å²) in [5, 5.41) is 9.27. The van der Waals surface area contributed by atoms with E-state index in [1.54, 1.807) is 13.8 Å². The Balaban J connectivity index is 1.46. The lowest BCUT2D eigenvalue weighted by Crippen LogP contribution is -2.48. The van der Waals surface area contributed by atoms with E-state index in [1.165, 1.54) is 0 Å². The lowest BCUT2D eigenvalue weighted by atomic mass is 10.0. The van der Waals surface area contributed by atoms with E-state index in [9.17, 15) is 22.8 Å². The van der Waals surface area contributed by atoms with Crippen molar-refractivity contribution in [2.75, 3.05) is 0 Å². The summed E-state index contributed by atoms with van der Waals surface area (Å²) in [5.41, 5.74) is 2.45. The van der Waals surface area contributed by atoms with E-state index < -0.39 is 18.0 Å². The molecule has 2 N–H and O–H groups in total. The molecule has 0 bridgehead atoms. The van der Waals surface area contributed by atoms with Crippen molar-refractivity contribution in [3.8, 4) is 0 Å². The number of aryl methyl sites for hydroxylation is 2. The lowest BCUT2D eigenvalue weighted by molar-refractivity contribution is -0.144. The van der Waals surface area contributed by atoms with Crippen LogP contribution < -0.4 is 10.6 Å². The van der Waals surface area contributed by atoms with Gasteiger partial charge in [0.1, 0.15) is 6.04 Å². The molecule has 2 aromatic heterocycles. The number of amides is 2. The lowest BCUT2D eigenvalue weighted by Gasteiger charge is -2.19. The molecule has 1 saturated carbocycles. The third kappa shape index (κ3) is 5.52. The number of halogens is 3. The Morgan fingerprint density at radius 2 is 1.85 bits per heavy atom. The zero-order valence-electron chi connectivity index (χ0n) is 18.8. The summed E-state index contributed by atoms with van der Waals surface area (Å²) in [7, 11) is 0. The zero-order chi connectivity index (χ0) is 24.5. The van der Waals surface area contributed by atoms with Gasteiger partial charge < -0.3 is 10.6 Å². The number of nitrogens with one attached hydrogen (secondary N) is 2. The molecule has 1 unspecified atom stereocenters. The highest BCUT2D eigenvalue weighted by Crippen LogP contribution is 2.27. The smallest absolute Gasteiger partial charge is 0.352 e. The molecule has 0 radical (unpaired) electrons. The Morgan fingerprint density at radius 1 is 1.15 bits per heavy atom. The fourth-order valence-corrected chi connectivity index (χ4v) is 3.78. The van der Waals surface area contributed by atoms with Crippen LogP contribution >= 0.6 is 0 Å². The van der Waals surface area contributed by atoms with E-state index in [0.717, 1.165) is 22.9 Å². The van der Waals surface area contributed by atoms with Gasteiger partial charge in [0.25, 0.3) is 11.6 Å². The Morgan fingerprint density at radius 3 is 2.50 bits per heavy atom. The van der Waals surface area contributed by atoms with E-state index in [1.807, 2.05) is 30.3 Å². The van der Waals surface area contributed by atoms with Gasteiger partial charge in [0.2, 0.25) is 11.8 Å². The second-order valence-corrected chi connectivity index (χ2v) is 8.50. The summed E-state index contributed by atoms with van der Waals surface area (Å²) in [6, 6.07) is 8.85. The maximum atomic E-state index is 13.0. The molecule has 4 rings (SSSR count). The Labute approximate surface area is 194 Å². The minimum atomic E-state index is -4.68. The van der Waals surface area contributed by atoms with Crippen molar-refractivity contribution >= 4 is 17.6 Å². The van der Waals surface area contributed by atoms with Crippen LogP contribution in [0.3, 0.4) is 0 Å². The van der Waals surface area contributed by atoms with Crippen molar-refractivity contribution in [3.63, 3.8) is 0 Å². The predicted molar refractivity (Wildman–Crippen MR) is 117 cm³/mol. The normalized spacial score (nSPS) is 14.7. The molecule has 1 aromatic carbocycles. The van der Waals surface area contributed by atoms with Crippen LogP contribution in [0.1, 0.15) is 47.6 Å².